The van der Waals surface area contributed by atoms with Crippen LogP contribution in [0.25, 0.3) is 0 Å². The highest BCUT2D eigenvalue weighted by molar-refractivity contribution is 6.30. The van der Waals surface area contributed by atoms with Gasteiger partial charge in [-0.05, 0) is 12.1 Å². The van der Waals surface area contributed by atoms with Crippen molar-refractivity contribution in [1.29, 1.82) is 0 Å². The van der Waals surface area contributed by atoms with E-state index in [4.69, 9.17) is 11.6 Å². The van der Waals surface area contributed by atoms with Crippen LogP contribution in [0.5, 0.6) is 0 Å². The Labute approximate surface area is 97.7 Å². The highest BCUT2D eigenvalue weighted by Crippen LogP contribution is 2.25. The summed E-state index contributed by atoms with van der Waals surface area (Å²) >= 11 is 5.78. The standard InChI is InChI=1S/C10H10ClN5/c11-8-1-2-10(12-5-8)15-6-9(7-15)16-4-3-13-14-16/h1-5,9H,6-7H2. The van der Waals surface area contributed by atoms with Crippen LogP contribution in [0.3, 0.4) is 0 Å². The number of rotatable bonds is 2. The van der Waals surface area contributed by atoms with E-state index in [9.17, 15) is 0 Å². The Hall–Kier alpha value is -1.62. The topological polar surface area (TPSA) is 46.8 Å². The minimum atomic E-state index is 0.403. The lowest BCUT2D eigenvalue weighted by Crippen LogP contribution is -2.48. The molecule has 5 nitrogen and oxygen atoms in total. The van der Waals surface area contributed by atoms with Crippen LogP contribution in [0.4, 0.5) is 5.82 Å². The normalized spacial score (nSPS) is 16.2. The number of nitrogens with zero attached hydrogens (tertiary/aromatic N) is 5. The van der Waals surface area contributed by atoms with Crippen LogP contribution >= 0.6 is 11.6 Å². The van der Waals surface area contributed by atoms with Crippen LogP contribution in [-0.4, -0.2) is 33.1 Å². The van der Waals surface area contributed by atoms with Gasteiger partial charge in [-0.2, -0.15) is 0 Å². The first-order valence-electron chi connectivity index (χ1n) is 5.05. The first-order valence-corrected chi connectivity index (χ1v) is 5.43. The van der Waals surface area contributed by atoms with Crippen molar-refractivity contribution in [3.8, 4) is 0 Å². The van der Waals surface area contributed by atoms with Gasteiger partial charge >= 0.3 is 0 Å². The quantitative estimate of drug-likeness (QED) is 0.789. The first kappa shape index (κ1) is 9.59. The smallest absolute Gasteiger partial charge is 0.128 e. The Morgan fingerprint density at radius 2 is 2.19 bits per heavy atom. The summed E-state index contributed by atoms with van der Waals surface area (Å²) in [6.07, 6.45) is 5.25. The molecular formula is C10H10ClN5. The number of hydrogen-bond donors (Lipinski definition) is 0. The monoisotopic (exact) mass is 235 g/mol. The van der Waals surface area contributed by atoms with Crippen LogP contribution in [0.15, 0.2) is 30.7 Å². The summed E-state index contributed by atoms with van der Waals surface area (Å²) in [4.78, 5) is 6.45. The molecule has 0 unspecified atom stereocenters. The number of anilines is 1. The molecule has 1 aliphatic heterocycles. The van der Waals surface area contributed by atoms with Gasteiger partial charge in [-0.15, -0.1) is 5.10 Å². The predicted octanol–water partition coefficient (Wildman–Crippen LogP) is 1.39. The minimum absolute atomic E-state index is 0.403. The van der Waals surface area contributed by atoms with Gasteiger partial charge in [-0.3, -0.25) is 0 Å². The first-order chi connectivity index (χ1) is 7.83. The molecule has 2 aromatic heterocycles. The van der Waals surface area contributed by atoms with E-state index in [1.54, 1.807) is 12.4 Å². The molecular weight excluding hydrogens is 226 g/mol. The molecule has 0 aromatic carbocycles. The van der Waals surface area contributed by atoms with Gasteiger partial charge in [0.2, 0.25) is 0 Å². The summed E-state index contributed by atoms with van der Waals surface area (Å²) in [7, 11) is 0. The van der Waals surface area contributed by atoms with E-state index >= 15 is 0 Å². The third kappa shape index (κ3) is 1.63. The lowest BCUT2D eigenvalue weighted by molar-refractivity contribution is 0.359. The average molecular weight is 236 g/mol. The van der Waals surface area contributed by atoms with Crippen LogP contribution in [0.1, 0.15) is 6.04 Å². The summed E-state index contributed by atoms with van der Waals surface area (Å²) in [5, 5.41) is 8.44. The zero-order valence-corrected chi connectivity index (χ0v) is 9.25. The maximum atomic E-state index is 5.78. The molecule has 0 radical (unpaired) electrons. The summed E-state index contributed by atoms with van der Waals surface area (Å²) in [6.45, 7) is 1.83. The molecule has 0 atom stereocenters. The van der Waals surface area contributed by atoms with E-state index in [1.165, 1.54) is 0 Å². The molecule has 0 amide bonds. The summed E-state index contributed by atoms with van der Waals surface area (Å²) in [6, 6.07) is 4.19. The van der Waals surface area contributed by atoms with Crippen molar-refractivity contribution in [3.63, 3.8) is 0 Å². The highest BCUT2D eigenvalue weighted by Gasteiger charge is 2.29. The Morgan fingerprint density at radius 3 is 2.81 bits per heavy atom. The van der Waals surface area contributed by atoms with Gasteiger partial charge in [0.15, 0.2) is 0 Å². The minimum Gasteiger partial charge on any atom is -0.352 e. The number of hydrogen-bond acceptors (Lipinski definition) is 4. The van der Waals surface area contributed by atoms with Gasteiger partial charge in [0.05, 0.1) is 17.3 Å². The molecule has 0 spiro atoms. The van der Waals surface area contributed by atoms with Crippen molar-refractivity contribution >= 4 is 17.4 Å². The SMILES string of the molecule is Clc1ccc(N2CC(n3ccnn3)C2)nc1. The van der Waals surface area contributed by atoms with Crippen molar-refractivity contribution in [2.75, 3.05) is 18.0 Å². The molecule has 1 aliphatic rings. The molecule has 1 saturated heterocycles. The summed E-state index contributed by atoms with van der Waals surface area (Å²) < 4.78 is 1.88. The van der Waals surface area contributed by atoms with E-state index in [2.05, 4.69) is 20.2 Å². The van der Waals surface area contributed by atoms with Crippen molar-refractivity contribution < 1.29 is 0 Å². The van der Waals surface area contributed by atoms with E-state index in [0.717, 1.165) is 18.9 Å². The molecule has 1 fully saturated rings. The fraction of sp³-hybridized carbons (Fsp3) is 0.300. The zero-order valence-electron chi connectivity index (χ0n) is 8.49. The fourth-order valence-electron chi connectivity index (χ4n) is 1.78. The Balaban J connectivity index is 1.67. The van der Waals surface area contributed by atoms with E-state index in [-0.39, 0.29) is 0 Å². The fourth-order valence-corrected chi connectivity index (χ4v) is 1.89. The predicted molar refractivity (Wildman–Crippen MR) is 60.5 cm³/mol. The van der Waals surface area contributed by atoms with Crippen LogP contribution in [0.2, 0.25) is 5.02 Å². The third-order valence-corrected chi connectivity index (χ3v) is 2.94. The largest absolute Gasteiger partial charge is 0.352 e. The molecule has 2 aromatic rings. The van der Waals surface area contributed by atoms with Gasteiger partial charge in [-0.1, -0.05) is 16.8 Å². The van der Waals surface area contributed by atoms with Gasteiger partial charge in [0.25, 0.3) is 0 Å². The molecule has 0 saturated carbocycles. The molecule has 3 heterocycles. The summed E-state index contributed by atoms with van der Waals surface area (Å²) in [5.41, 5.74) is 0. The molecule has 3 rings (SSSR count). The van der Waals surface area contributed by atoms with Crippen LogP contribution in [-0.2, 0) is 0 Å². The van der Waals surface area contributed by atoms with Crippen molar-refractivity contribution in [2.45, 2.75) is 6.04 Å². The van der Waals surface area contributed by atoms with E-state index < -0.39 is 0 Å². The second-order valence-electron chi connectivity index (χ2n) is 3.78. The molecule has 16 heavy (non-hydrogen) atoms. The Morgan fingerprint density at radius 1 is 1.31 bits per heavy atom. The van der Waals surface area contributed by atoms with E-state index in [0.29, 0.717) is 11.1 Å². The van der Waals surface area contributed by atoms with Gasteiger partial charge in [0, 0.05) is 25.5 Å². The van der Waals surface area contributed by atoms with Crippen LogP contribution in [0, 0.1) is 0 Å². The lowest BCUT2D eigenvalue weighted by Gasteiger charge is -2.39. The lowest BCUT2D eigenvalue weighted by atomic mass is 10.1. The second kappa shape index (κ2) is 3.75. The van der Waals surface area contributed by atoms with Crippen LogP contribution < -0.4 is 4.90 Å². The average Bonchev–Trinajstić information content (AvgIpc) is 2.72. The molecule has 6 heteroatoms. The third-order valence-electron chi connectivity index (χ3n) is 2.71. The maximum absolute atomic E-state index is 5.78. The Bertz CT molecular complexity index is 460. The van der Waals surface area contributed by atoms with Crippen molar-refractivity contribution in [1.82, 2.24) is 20.0 Å². The van der Waals surface area contributed by atoms with Gasteiger partial charge < -0.3 is 4.90 Å². The van der Waals surface area contributed by atoms with Crippen molar-refractivity contribution in [3.05, 3.63) is 35.7 Å². The summed E-state index contributed by atoms with van der Waals surface area (Å²) in [5.74, 6) is 0.959. The second-order valence-corrected chi connectivity index (χ2v) is 4.21. The van der Waals surface area contributed by atoms with Crippen molar-refractivity contribution in [2.24, 2.45) is 0 Å². The van der Waals surface area contributed by atoms with Gasteiger partial charge in [0.1, 0.15) is 5.82 Å². The number of halogens is 1. The van der Waals surface area contributed by atoms with E-state index in [1.807, 2.05) is 23.0 Å². The number of aromatic nitrogens is 4. The zero-order chi connectivity index (χ0) is 11.0. The Kier molecular flexibility index (Phi) is 2.25. The highest BCUT2D eigenvalue weighted by atomic mass is 35.5. The molecule has 0 aliphatic carbocycles. The number of pyridine rings is 1. The molecule has 0 bridgehead atoms. The van der Waals surface area contributed by atoms with Gasteiger partial charge in [-0.25, -0.2) is 9.67 Å². The molecule has 0 N–H and O–H groups in total. The molecule has 82 valence electrons. The maximum Gasteiger partial charge on any atom is 0.128 e.